The zero-order valence-corrected chi connectivity index (χ0v) is 8.59. The molecule has 0 aliphatic carbocycles. The normalized spacial score (nSPS) is 10.5. The van der Waals surface area contributed by atoms with Crippen molar-refractivity contribution in [2.75, 3.05) is 13.6 Å². The molecule has 0 bridgehead atoms. The molecule has 0 radical (unpaired) electrons. The van der Waals surface area contributed by atoms with Crippen molar-refractivity contribution in [1.29, 1.82) is 0 Å². The van der Waals surface area contributed by atoms with Gasteiger partial charge < -0.3 is 5.32 Å². The number of hydrogen-bond acceptors (Lipinski definition) is 4. The first-order valence-electron chi connectivity index (χ1n) is 4.89. The summed E-state index contributed by atoms with van der Waals surface area (Å²) in [6.45, 7) is 0.862. The maximum Gasteiger partial charge on any atom is 0.176 e. The van der Waals surface area contributed by atoms with E-state index in [1.807, 2.05) is 37.4 Å². The predicted octanol–water partition coefficient (Wildman–Crippen LogP) is 0.424. The van der Waals surface area contributed by atoms with Gasteiger partial charge in [-0.15, -0.1) is 15.0 Å². The van der Waals surface area contributed by atoms with Crippen LogP contribution in [0.1, 0.15) is 5.82 Å². The molecule has 1 aromatic heterocycles. The van der Waals surface area contributed by atoms with Crippen LogP contribution >= 0.6 is 0 Å². The van der Waals surface area contributed by atoms with E-state index >= 15 is 0 Å². The molecular formula is C10H13N5. The lowest BCUT2D eigenvalue weighted by Gasteiger charge is -1.95. The molecule has 0 spiro atoms. The lowest BCUT2D eigenvalue weighted by atomic mass is 10.3. The monoisotopic (exact) mass is 203 g/mol. The van der Waals surface area contributed by atoms with Crippen molar-refractivity contribution in [3.8, 4) is 5.69 Å². The molecule has 1 aromatic carbocycles. The number of para-hydroxylation sites is 1. The van der Waals surface area contributed by atoms with Crippen LogP contribution in [-0.2, 0) is 6.42 Å². The minimum atomic E-state index is 0.758. The van der Waals surface area contributed by atoms with Gasteiger partial charge in [0, 0.05) is 13.0 Å². The Morgan fingerprint density at radius 3 is 2.80 bits per heavy atom. The van der Waals surface area contributed by atoms with Gasteiger partial charge in [-0.2, -0.15) is 0 Å². The van der Waals surface area contributed by atoms with Crippen LogP contribution < -0.4 is 5.32 Å². The standard InChI is InChI=1S/C10H13N5/c1-11-8-7-10-12-14-15(13-10)9-5-3-2-4-6-9/h2-6,11H,7-8H2,1H3. The third-order valence-electron chi connectivity index (χ3n) is 2.04. The fraction of sp³-hybridized carbons (Fsp3) is 0.300. The van der Waals surface area contributed by atoms with Gasteiger partial charge in [-0.25, -0.2) is 0 Å². The highest BCUT2D eigenvalue weighted by Gasteiger charge is 2.02. The quantitative estimate of drug-likeness (QED) is 0.782. The van der Waals surface area contributed by atoms with Gasteiger partial charge in [-0.05, 0) is 24.4 Å². The molecule has 15 heavy (non-hydrogen) atoms. The van der Waals surface area contributed by atoms with E-state index in [1.54, 1.807) is 4.80 Å². The Kier molecular flexibility index (Phi) is 3.04. The van der Waals surface area contributed by atoms with E-state index in [0.29, 0.717) is 0 Å². The Morgan fingerprint density at radius 1 is 1.27 bits per heavy atom. The molecule has 78 valence electrons. The molecule has 0 atom stereocenters. The maximum atomic E-state index is 4.27. The molecule has 0 aliphatic heterocycles. The fourth-order valence-electron chi connectivity index (χ4n) is 1.25. The number of likely N-dealkylation sites (N-methyl/N-ethyl adjacent to an activating group) is 1. The van der Waals surface area contributed by atoms with E-state index < -0.39 is 0 Å². The molecular weight excluding hydrogens is 190 g/mol. The van der Waals surface area contributed by atoms with Crippen molar-refractivity contribution in [2.24, 2.45) is 0 Å². The second-order valence-corrected chi connectivity index (χ2v) is 3.18. The van der Waals surface area contributed by atoms with Crippen LogP contribution in [0.4, 0.5) is 0 Å². The molecule has 1 heterocycles. The van der Waals surface area contributed by atoms with Gasteiger partial charge in [-0.3, -0.25) is 0 Å². The number of rotatable bonds is 4. The van der Waals surface area contributed by atoms with Gasteiger partial charge in [0.2, 0.25) is 0 Å². The molecule has 0 aliphatic rings. The summed E-state index contributed by atoms with van der Waals surface area (Å²) in [5.41, 5.74) is 0.931. The molecule has 0 unspecified atom stereocenters. The molecule has 0 amide bonds. The van der Waals surface area contributed by atoms with Gasteiger partial charge >= 0.3 is 0 Å². The van der Waals surface area contributed by atoms with Gasteiger partial charge in [0.05, 0.1) is 5.69 Å². The van der Waals surface area contributed by atoms with E-state index in [2.05, 4.69) is 20.7 Å². The van der Waals surface area contributed by atoms with Crippen LogP contribution in [0.25, 0.3) is 5.69 Å². The second-order valence-electron chi connectivity index (χ2n) is 3.18. The Balaban J connectivity index is 2.14. The van der Waals surface area contributed by atoms with Crippen LogP contribution in [0, 0.1) is 0 Å². The largest absolute Gasteiger partial charge is 0.319 e. The van der Waals surface area contributed by atoms with Crippen LogP contribution in [0.2, 0.25) is 0 Å². The average molecular weight is 203 g/mol. The summed E-state index contributed by atoms with van der Waals surface area (Å²) >= 11 is 0. The number of benzene rings is 1. The van der Waals surface area contributed by atoms with Crippen molar-refractivity contribution in [3.63, 3.8) is 0 Å². The summed E-state index contributed by atoms with van der Waals surface area (Å²) < 4.78 is 0. The highest BCUT2D eigenvalue weighted by Crippen LogP contribution is 2.02. The van der Waals surface area contributed by atoms with Crippen LogP contribution in [-0.4, -0.2) is 33.8 Å². The number of aromatic nitrogens is 4. The zero-order chi connectivity index (χ0) is 10.5. The lowest BCUT2D eigenvalue weighted by Crippen LogP contribution is -2.11. The first-order chi connectivity index (χ1) is 7.40. The smallest absolute Gasteiger partial charge is 0.176 e. The predicted molar refractivity (Wildman–Crippen MR) is 56.8 cm³/mol. The van der Waals surface area contributed by atoms with E-state index in [9.17, 15) is 0 Å². The van der Waals surface area contributed by atoms with Crippen LogP contribution in [0.5, 0.6) is 0 Å². The topological polar surface area (TPSA) is 55.6 Å². The van der Waals surface area contributed by atoms with E-state index in [0.717, 1.165) is 24.5 Å². The highest BCUT2D eigenvalue weighted by molar-refractivity contribution is 5.27. The number of tetrazole rings is 1. The summed E-state index contributed by atoms with van der Waals surface area (Å²) in [5.74, 6) is 0.758. The molecule has 0 saturated heterocycles. The first kappa shape index (κ1) is 9.79. The Labute approximate surface area is 88.1 Å². The molecule has 5 nitrogen and oxygen atoms in total. The van der Waals surface area contributed by atoms with Crippen molar-refractivity contribution >= 4 is 0 Å². The second kappa shape index (κ2) is 4.65. The summed E-state index contributed by atoms with van der Waals surface area (Å²) in [6, 6.07) is 9.76. The van der Waals surface area contributed by atoms with Crippen molar-refractivity contribution in [3.05, 3.63) is 36.2 Å². The number of nitrogens with zero attached hydrogens (tertiary/aromatic N) is 4. The molecule has 0 saturated carbocycles. The van der Waals surface area contributed by atoms with Gasteiger partial charge in [0.1, 0.15) is 0 Å². The minimum Gasteiger partial charge on any atom is -0.319 e. The van der Waals surface area contributed by atoms with E-state index in [-0.39, 0.29) is 0 Å². The summed E-state index contributed by atoms with van der Waals surface area (Å²) in [7, 11) is 1.90. The molecule has 1 N–H and O–H groups in total. The third kappa shape index (κ3) is 2.38. The van der Waals surface area contributed by atoms with Crippen molar-refractivity contribution in [2.45, 2.75) is 6.42 Å². The number of nitrogens with one attached hydrogen (secondary N) is 1. The van der Waals surface area contributed by atoms with Gasteiger partial charge in [0.25, 0.3) is 0 Å². The van der Waals surface area contributed by atoms with E-state index in [1.165, 1.54) is 0 Å². The lowest BCUT2D eigenvalue weighted by molar-refractivity contribution is 0.713. The van der Waals surface area contributed by atoms with E-state index in [4.69, 9.17) is 0 Å². The summed E-state index contributed by atoms with van der Waals surface area (Å²) in [5, 5.41) is 15.3. The molecule has 2 rings (SSSR count). The van der Waals surface area contributed by atoms with Crippen LogP contribution in [0.15, 0.2) is 30.3 Å². The molecule has 0 fully saturated rings. The van der Waals surface area contributed by atoms with Gasteiger partial charge in [-0.1, -0.05) is 18.2 Å². The SMILES string of the molecule is CNCCc1nnn(-c2ccccc2)n1. The molecule has 2 aromatic rings. The Bertz CT molecular complexity index is 409. The van der Waals surface area contributed by atoms with Crippen molar-refractivity contribution in [1.82, 2.24) is 25.5 Å². The van der Waals surface area contributed by atoms with Crippen LogP contribution in [0.3, 0.4) is 0 Å². The average Bonchev–Trinajstić information content (AvgIpc) is 2.76. The maximum absolute atomic E-state index is 4.27. The molecule has 5 heteroatoms. The van der Waals surface area contributed by atoms with Gasteiger partial charge in [0.15, 0.2) is 5.82 Å². The number of hydrogen-bond donors (Lipinski definition) is 1. The first-order valence-corrected chi connectivity index (χ1v) is 4.89. The zero-order valence-electron chi connectivity index (χ0n) is 8.59. The van der Waals surface area contributed by atoms with Crippen molar-refractivity contribution < 1.29 is 0 Å². The Morgan fingerprint density at radius 2 is 2.07 bits per heavy atom. The Hall–Kier alpha value is -1.75. The highest BCUT2D eigenvalue weighted by atomic mass is 15.6. The summed E-state index contributed by atoms with van der Waals surface area (Å²) in [6.07, 6.45) is 0.795. The third-order valence-corrected chi connectivity index (χ3v) is 2.04. The fourth-order valence-corrected chi connectivity index (χ4v) is 1.25. The minimum absolute atomic E-state index is 0.758. The summed E-state index contributed by atoms with van der Waals surface area (Å²) in [4.78, 5) is 1.55.